The SMILES string of the molecule is C[C@H](c1ccc(-n2cncn2)cc1)N(C)Cc1cc2c(cc1O)OCO2. The van der Waals surface area contributed by atoms with Gasteiger partial charge in [-0.25, -0.2) is 9.67 Å². The molecule has 26 heavy (non-hydrogen) atoms. The molecular formula is C19H20N4O3. The molecule has 1 atom stereocenters. The fourth-order valence-electron chi connectivity index (χ4n) is 3.01. The maximum atomic E-state index is 10.2. The molecule has 1 aliphatic rings. The molecule has 0 amide bonds. The third kappa shape index (κ3) is 3.09. The number of aromatic nitrogens is 3. The summed E-state index contributed by atoms with van der Waals surface area (Å²) in [7, 11) is 2.03. The van der Waals surface area contributed by atoms with E-state index in [9.17, 15) is 5.11 Å². The number of hydrogen-bond acceptors (Lipinski definition) is 6. The molecule has 2 aromatic carbocycles. The van der Waals surface area contributed by atoms with Gasteiger partial charge in [-0.2, -0.15) is 5.10 Å². The van der Waals surface area contributed by atoms with Crippen molar-refractivity contribution in [1.29, 1.82) is 0 Å². The quantitative estimate of drug-likeness (QED) is 0.761. The van der Waals surface area contributed by atoms with Crippen molar-refractivity contribution >= 4 is 0 Å². The first kappa shape index (κ1) is 16.4. The third-order valence-corrected chi connectivity index (χ3v) is 4.71. The number of phenols is 1. The van der Waals surface area contributed by atoms with E-state index in [0.717, 1.165) is 11.3 Å². The summed E-state index contributed by atoms with van der Waals surface area (Å²) in [6.45, 7) is 2.92. The lowest BCUT2D eigenvalue weighted by atomic mass is 10.1. The van der Waals surface area contributed by atoms with Gasteiger partial charge in [0.05, 0.1) is 5.69 Å². The minimum absolute atomic E-state index is 0.171. The molecule has 3 aromatic rings. The minimum Gasteiger partial charge on any atom is -0.507 e. The molecule has 0 bridgehead atoms. The van der Waals surface area contributed by atoms with E-state index in [4.69, 9.17) is 9.47 Å². The summed E-state index contributed by atoms with van der Waals surface area (Å²) in [5.41, 5.74) is 2.95. The lowest BCUT2D eigenvalue weighted by molar-refractivity contribution is 0.173. The Morgan fingerprint density at radius 3 is 2.62 bits per heavy atom. The van der Waals surface area contributed by atoms with Crippen molar-refractivity contribution in [3.05, 3.63) is 60.2 Å². The van der Waals surface area contributed by atoms with E-state index in [2.05, 4.69) is 34.0 Å². The van der Waals surface area contributed by atoms with Gasteiger partial charge in [0.1, 0.15) is 18.4 Å². The van der Waals surface area contributed by atoms with Crippen LogP contribution in [0, 0.1) is 0 Å². The fraction of sp³-hybridized carbons (Fsp3) is 0.263. The minimum atomic E-state index is 0.171. The van der Waals surface area contributed by atoms with Crippen LogP contribution in [0.2, 0.25) is 0 Å². The smallest absolute Gasteiger partial charge is 0.231 e. The highest BCUT2D eigenvalue weighted by Crippen LogP contribution is 2.38. The second-order valence-electron chi connectivity index (χ2n) is 6.36. The van der Waals surface area contributed by atoms with Crippen molar-refractivity contribution in [2.75, 3.05) is 13.8 Å². The summed E-state index contributed by atoms with van der Waals surface area (Å²) in [6, 6.07) is 11.8. The van der Waals surface area contributed by atoms with Crippen molar-refractivity contribution in [2.24, 2.45) is 0 Å². The van der Waals surface area contributed by atoms with Gasteiger partial charge in [-0.05, 0) is 37.7 Å². The first-order valence-electron chi connectivity index (χ1n) is 8.38. The van der Waals surface area contributed by atoms with Crippen LogP contribution in [0.25, 0.3) is 5.69 Å². The zero-order valence-electron chi connectivity index (χ0n) is 14.7. The number of aromatic hydroxyl groups is 1. The maximum absolute atomic E-state index is 10.2. The number of nitrogens with zero attached hydrogens (tertiary/aromatic N) is 4. The van der Waals surface area contributed by atoms with Crippen LogP contribution in [-0.4, -0.2) is 38.6 Å². The first-order valence-corrected chi connectivity index (χ1v) is 8.38. The highest BCUT2D eigenvalue weighted by molar-refractivity contribution is 5.51. The van der Waals surface area contributed by atoms with Gasteiger partial charge in [-0.3, -0.25) is 4.90 Å². The number of rotatable bonds is 5. The Bertz CT molecular complexity index is 894. The van der Waals surface area contributed by atoms with E-state index in [0.29, 0.717) is 18.0 Å². The summed E-state index contributed by atoms with van der Waals surface area (Å²) >= 11 is 0. The first-order chi connectivity index (χ1) is 12.6. The van der Waals surface area contributed by atoms with Crippen molar-refractivity contribution < 1.29 is 14.6 Å². The molecule has 7 heteroatoms. The van der Waals surface area contributed by atoms with Gasteiger partial charge in [-0.1, -0.05) is 12.1 Å². The van der Waals surface area contributed by atoms with Crippen LogP contribution in [0.3, 0.4) is 0 Å². The zero-order chi connectivity index (χ0) is 18.1. The summed E-state index contributed by atoms with van der Waals surface area (Å²) in [5.74, 6) is 1.48. The number of phenolic OH excluding ortho intramolecular Hbond substituents is 1. The van der Waals surface area contributed by atoms with Crippen LogP contribution in [0.4, 0.5) is 0 Å². The van der Waals surface area contributed by atoms with Crippen LogP contribution >= 0.6 is 0 Å². The average molecular weight is 352 g/mol. The number of benzene rings is 2. The molecular weight excluding hydrogens is 332 g/mol. The molecule has 134 valence electrons. The highest BCUT2D eigenvalue weighted by Gasteiger charge is 2.19. The van der Waals surface area contributed by atoms with Crippen LogP contribution in [0.15, 0.2) is 49.1 Å². The van der Waals surface area contributed by atoms with E-state index < -0.39 is 0 Å². The molecule has 0 aliphatic carbocycles. The van der Waals surface area contributed by atoms with Crippen molar-refractivity contribution in [3.8, 4) is 22.9 Å². The van der Waals surface area contributed by atoms with E-state index in [-0.39, 0.29) is 18.6 Å². The zero-order valence-corrected chi connectivity index (χ0v) is 14.7. The summed E-state index contributed by atoms with van der Waals surface area (Å²) in [4.78, 5) is 6.13. The molecule has 0 fully saturated rings. The lowest BCUT2D eigenvalue weighted by Crippen LogP contribution is -2.22. The van der Waals surface area contributed by atoms with Crippen LogP contribution < -0.4 is 9.47 Å². The largest absolute Gasteiger partial charge is 0.507 e. The van der Waals surface area contributed by atoms with Crippen LogP contribution in [0.1, 0.15) is 24.1 Å². The molecule has 0 saturated carbocycles. The van der Waals surface area contributed by atoms with Gasteiger partial charge < -0.3 is 14.6 Å². The molecule has 1 aliphatic heterocycles. The molecule has 7 nitrogen and oxygen atoms in total. The fourth-order valence-corrected chi connectivity index (χ4v) is 3.01. The number of fused-ring (bicyclic) bond motifs is 1. The van der Waals surface area contributed by atoms with Crippen molar-refractivity contribution in [2.45, 2.75) is 19.5 Å². The van der Waals surface area contributed by atoms with E-state index in [1.54, 1.807) is 17.1 Å². The van der Waals surface area contributed by atoms with Crippen LogP contribution in [0.5, 0.6) is 17.2 Å². The van der Waals surface area contributed by atoms with E-state index in [1.807, 2.05) is 25.2 Å². The normalized spacial score (nSPS) is 14.0. The van der Waals surface area contributed by atoms with Gasteiger partial charge in [0.15, 0.2) is 11.5 Å². The van der Waals surface area contributed by atoms with Gasteiger partial charge in [0, 0.05) is 24.2 Å². The lowest BCUT2D eigenvalue weighted by Gasteiger charge is -2.25. The molecule has 0 unspecified atom stereocenters. The second kappa shape index (κ2) is 6.68. The number of ether oxygens (including phenoxy) is 2. The van der Waals surface area contributed by atoms with Gasteiger partial charge in [0.25, 0.3) is 0 Å². The van der Waals surface area contributed by atoms with Gasteiger partial charge in [-0.15, -0.1) is 0 Å². The van der Waals surface area contributed by atoms with Gasteiger partial charge in [0.2, 0.25) is 6.79 Å². The van der Waals surface area contributed by atoms with E-state index >= 15 is 0 Å². The second-order valence-corrected chi connectivity index (χ2v) is 6.36. The average Bonchev–Trinajstić information content (AvgIpc) is 3.33. The molecule has 4 rings (SSSR count). The van der Waals surface area contributed by atoms with Gasteiger partial charge >= 0.3 is 0 Å². The highest BCUT2D eigenvalue weighted by atomic mass is 16.7. The standard InChI is InChI=1S/C19H20N4O3/c1-13(14-3-5-16(6-4-14)23-11-20-10-21-23)22(2)9-15-7-18-19(8-17(15)24)26-12-25-18/h3-8,10-11,13,24H,9,12H2,1-2H3/t13-/m1/s1. The summed E-state index contributed by atoms with van der Waals surface area (Å²) < 4.78 is 12.4. The molecule has 0 radical (unpaired) electrons. The Labute approximate surface area is 151 Å². The van der Waals surface area contributed by atoms with Crippen molar-refractivity contribution in [1.82, 2.24) is 19.7 Å². The number of hydrogen-bond donors (Lipinski definition) is 1. The Kier molecular flexibility index (Phi) is 4.22. The molecule has 0 saturated heterocycles. The summed E-state index contributed by atoms with van der Waals surface area (Å²) in [5, 5.41) is 14.4. The van der Waals surface area contributed by atoms with Crippen molar-refractivity contribution in [3.63, 3.8) is 0 Å². The predicted molar refractivity (Wildman–Crippen MR) is 95.5 cm³/mol. The predicted octanol–water partition coefficient (Wildman–Crippen LogP) is 2.89. The van der Waals surface area contributed by atoms with E-state index in [1.165, 1.54) is 11.9 Å². The molecule has 0 spiro atoms. The Morgan fingerprint density at radius 2 is 1.92 bits per heavy atom. The molecule has 1 aromatic heterocycles. The maximum Gasteiger partial charge on any atom is 0.231 e. The molecule has 1 N–H and O–H groups in total. The Morgan fingerprint density at radius 1 is 1.19 bits per heavy atom. The Balaban J connectivity index is 1.49. The Hall–Kier alpha value is -3.06. The van der Waals surface area contributed by atoms with Crippen LogP contribution in [-0.2, 0) is 6.54 Å². The summed E-state index contributed by atoms with van der Waals surface area (Å²) in [6.07, 6.45) is 3.19. The third-order valence-electron chi connectivity index (χ3n) is 4.71. The molecule has 2 heterocycles. The monoisotopic (exact) mass is 352 g/mol. The topological polar surface area (TPSA) is 72.6 Å².